The van der Waals surface area contributed by atoms with Crippen molar-refractivity contribution in [3.05, 3.63) is 35.1 Å². The van der Waals surface area contributed by atoms with E-state index in [1.807, 2.05) is 18.2 Å². The van der Waals surface area contributed by atoms with E-state index in [4.69, 9.17) is 37.1 Å². The first-order valence-corrected chi connectivity index (χ1v) is 13.1. The smallest absolute Gasteiger partial charge is 0.433 e. The van der Waals surface area contributed by atoms with Gasteiger partial charge in [-0.25, -0.2) is 14.8 Å². The Hall–Kier alpha value is -3.24. The highest BCUT2D eigenvalue weighted by Crippen LogP contribution is 2.35. The fourth-order valence-corrected chi connectivity index (χ4v) is 4.79. The second-order valence-electron chi connectivity index (χ2n) is 9.53. The molecule has 3 heterocycles. The van der Waals surface area contributed by atoms with Crippen LogP contribution in [0, 0.1) is 5.92 Å². The molecule has 10 nitrogen and oxygen atoms in total. The van der Waals surface area contributed by atoms with Crippen LogP contribution < -0.4 is 10.6 Å². The van der Waals surface area contributed by atoms with Crippen LogP contribution in [0.1, 0.15) is 58.3 Å². The van der Waals surface area contributed by atoms with Crippen LogP contribution in [-0.4, -0.2) is 62.9 Å². The second-order valence-corrected chi connectivity index (χ2v) is 9.97. The maximum Gasteiger partial charge on any atom is 0.433 e. The summed E-state index contributed by atoms with van der Waals surface area (Å²) in [6.07, 6.45) is 2.95. The number of nitrogens with two attached hydrogens (primary N) is 1. The van der Waals surface area contributed by atoms with Crippen molar-refractivity contribution in [2.24, 2.45) is 16.6 Å². The minimum atomic E-state index is -1.42. The summed E-state index contributed by atoms with van der Waals surface area (Å²) in [5.74, 6) is 1.18. The molecule has 0 aliphatic carbocycles. The average molecular weight is 528 g/mol. The van der Waals surface area contributed by atoms with E-state index in [-0.39, 0.29) is 17.7 Å². The van der Waals surface area contributed by atoms with Crippen LogP contribution in [0.15, 0.2) is 29.3 Å². The highest BCUT2D eigenvalue weighted by Gasteiger charge is 2.27. The molecule has 0 spiro atoms. The van der Waals surface area contributed by atoms with Gasteiger partial charge in [0.2, 0.25) is 5.95 Å². The van der Waals surface area contributed by atoms with Crippen molar-refractivity contribution in [3.8, 4) is 11.3 Å². The predicted octanol–water partition coefficient (Wildman–Crippen LogP) is 5.14. The van der Waals surface area contributed by atoms with Gasteiger partial charge in [-0.05, 0) is 31.4 Å². The molecule has 1 aliphatic rings. The number of ether oxygens (including phenoxy) is 1. The number of morpholine rings is 1. The highest BCUT2D eigenvalue weighted by molar-refractivity contribution is 6.30. The lowest BCUT2D eigenvalue weighted by molar-refractivity contribution is 0.121. The predicted molar refractivity (Wildman–Crippen MR) is 146 cm³/mol. The van der Waals surface area contributed by atoms with Gasteiger partial charge in [-0.1, -0.05) is 56.8 Å². The lowest BCUT2D eigenvalue weighted by atomic mass is 9.99. The maximum absolute atomic E-state index is 11.2. The number of aliphatic imine (C=N–C) groups is 1. The zero-order valence-electron chi connectivity index (χ0n) is 21.5. The molecule has 3 N–H and O–H groups in total. The molecule has 198 valence electrons. The second kappa shape index (κ2) is 11.9. The van der Waals surface area contributed by atoms with Gasteiger partial charge >= 0.3 is 6.09 Å². The van der Waals surface area contributed by atoms with Crippen LogP contribution in [0.4, 0.5) is 10.7 Å². The summed E-state index contributed by atoms with van der Waals surface area (Å²) in [5.41, 5.74) is 8.49. The monoisotopic (exact) mass is 527 g/mol. The number of amidine groups is 1. The number of nitrogens with zero attached hydrogens (tertiary/aromatic N) is 6. The van der Waals surface area contributed by atoms with Gasteiger partial charge in [0.15, 0.2) is 17.3 Å². The molecular formula is C26H34ClN7O3. The van der Waals surface area contributed by atoms with Gasteiger partial charge in [0, 0.05) is 29.7 Å². The van der Waals surface area contributed by atoms with Crippen molar-refractivity contribution >= 4 is 40.6 Å². The summed E-state index contributed by atoms with van der Waals surface area (Å²) in [7, 11) is 0. The van der Waals surface area contributed by atoms with E-state index in [9.17, 15) is 4.79 Å². The lowest BCUT2D eigenvalue weighted by Gasteiger charge is -2.30. The Balaban J connectivity index is 1.92. The molecule has 4 rings (SSSR count). The SMILES string of the molecule is CC[C@H](C)CCCC(C)n1c(N2CCOCC2)nc2nc(/C(N)=N/C(=O)O)nc(-c3cccc(Cl)c3)c21. The molecule has 1 saturated heterocycles. The molecule has 2 aromatic heterocycles. The van der Waals surface area contributed by atoms with Crippen molar-refractivity contribution in [2.75, 3.05) is 31.2 Å². The fourth-order valence-electron chi connectivity index (χ4n) is 4.59. The molecule has 0 radical (unpaired) electrons. The van der Waals surface area contributed by atoms with E-state index in [1.165, 1.54) is 0 Å². The number of amides is 1. The standard InChI is InChI=1S/C26H34ClN7O3/c1-4-16(2)7-5-8-17(3)34-21-20(18-9-6-10-19(27)15-18)29-24(22(28)30-26(35)36)31-23(21)32-25(34)33-11-13-37-14-12-33/h6,9-10,15-17H,4-5,7-8,11-14H2,1-3H3,(H2,28,30)(H,35,36)/t16-,17?/m0/s1. The van der Waals surface area contributed by atoms with Crippen LogP contribution >= 0.6 is 11.6 Å². The largest absolute Gasteiger partial charge is 0.463 e. The number of carbonyl (C=O) groups is 1. The Bertz CT molecular complexity index is 1290. The Labute approximate surface area is 221 Å². The molecule has 1 unspecified atom stereocenters. The first kappa shape index (κ1) is 26.8. The van der Waals surface area contributed by atoms with Gasteiger partial charge in [-0.3, -0.25) is 0 Å². The Kier molecular flexibility index (Phi) is 8.60. The summed E-state index contributed by atoms with van der Waals surface area (Å²) < 4.78 is 7.79. The van der Waals surface area contributed by atoms with Crippen molar-refractivity contribution in [1.29, 1.82) is 0 Å². The van der Waals surface area contributed by atoms with Crippen LogP contribution in [0.25, 0.3) is 22.4 Å². The third kappa shape index (κ3) is 6.19. The molecule has 0 saturated carbocycles. The molecule has 1 aliphatic heterocycles. The normalized spacial score (nSPS) is 16.2. The van der Waals surface area contributed by atoms with E-state index in [1.54, 1.807) is 6.07 Å². The summed E-state index contributed by atoms with van der Waals surface area (Å²) >= 11 is 6.34. The zero-order valence-corrected chi connectivity index (χ0v) is 22.3. The van der Waals surface area contributed by atoms with Crippen LogP contribution in [0.2, 0.25) is 5.02 Å². The molecule has 2 atom stereocenters. The van der Waals surface area contributed by atoms with Crippen LogP contribution in [0.3, 0.4) is 0 Å². The number of halogens is 1. The minimum Gasteiger partial charge on any atom is -0.463 e. The Morgan fingerprint density at radius 2 is 1.97 bits per heavy atom. The van der Waals surface area contributed by atoms with Gasteiger partial charge in [-0.15, -0.1) is 0 Å². The van der Waals surface area contributed by atoms with E-state index in [0.717, 1.165) is 42.7 Å². The first-order valence-electron chi connectivity index (χ1n) is 12.7. The maximum atomic E-state index is 11.2. The number of rotatable bonds is 9. The molecule has 0 bridgehead atoms. The van der Waals surface area contributed by atoms with Gasteiger partial charge in [0.25, 0.3) is 0 Å². The number of imidazole rings is 1. The molecule has 1 fully saturated rings. The third-order valence-corrected chi connectivity index (χ3v) is 7.06. The Morgan fingerprint density at radius 1 is 1.22 bits per heavy atom. The van der Waals surface area contributed by atoms with Crippen LogP contribution in [0.5, 0.6) is 0 Å². The molecular weight excluding hydrogens is 494 g/mol. The number of carboxylic acid groups (broad SMARTS) is 1. The lowest BCUT2D eigenvalue weighted by Crippen LogP contribution is -2.38. The number of anilines is 1. The molecule has 3 aromatic rings. The quantitative estimate of drug-likeness (QED) is 0.288. The van der Waals surface area contributed by atoms with Gasteiger partial charge < -0.3 is 25.0 Å². The zero-order chi connectivity index (χ0) is 26.5. The van der Waals surface area contributed by atoms with Crippen molar-refractivity contribution < 1.29 is 14.6 Å². The van der Waals surface area contributed by atoms with Gasteiger partial charge in [0.1, 0.15) is 11.2 Å². The van der Waals surface area contributed by atoms with Crippen molar-refractivity contribution in [3.63, 3.8) is 0 Å². The first-order chi connectivity index (χ1) is 17.8. The van der Waals surface area contributed by atoms with E-state index >= 15 is 0 Å². The van der Waals surface area contributed by atoms with Gasteiger partial charge in [-0.2, -0.15) is 9.98 Å². The minimum absolute atomic E-state index is 0.00692. The van der Waals surface area contributed by atoms with E-state index in [0.29, 0.717) is 48.6 Å². The van der Waals surface area contributed by atoms with Crippen molar-refractivity contribution in [2.45, 2.75) is 52.5 Å². The topological polar surface area (TPSA) is 132 Å². The summed E-state index contributed by atoms with van der Waals surface area (Å²) in [6.45, 7) is 9.34. The number of aromatic nitrogens is 4. The Morgan fingerprint density at radius 3 is 2.65 bits per heavy atom. The summed E-state index contributed by atoms with van der Waals surface area (Å²) in [4.78, 5) is 31.0. The van der Waals surface area contributed by atoms with E-state index in [2.05, 4.69) is 40.2 Å². The number of benzene rings is 1. The summed E-state index contributed by atoms with van der Waals surface area (Å²) in [5, 5.41) is 9.69. The molecule has 1 amide bonds. The highest BCUT2D eigenvalue weighted by atomic mass is 35.5. The number of fused-ring (bicyclic) bond motifs is 1. The number of hydrogen-bond donors (Lipinski definition) is 2. The fraction of sp³-hybridized carbons (Fsp3) is 0.500. The van der Waals surface area contributed by atoms with E-state index < -0.39 is 6.09 Å². The summed E-state index contributed by atoms with van der Waals surface area (Å²) in [6, 6.07) is 7.47. The third-order valence-electron chi connectivity index (χ3n) is 6.82. The van der Waals surface area contributed by atoms with Crippen molar-refractivity contribution in [1.82, 2.24) is 19.5 Å². The van der Waals surface area contributed by atoms with Crippen LogP contribution in [-0.2, 0) is 4.74 Å². The molecule has 37 heavy (non-hydrogen) atoms. The number of hydrogen-bond acceptors (Lipinski definition) is 6. The molecule has 1 aromatic carbocycles. The van der Waals surface area contributed by atoms with Gasteiger partial charge in [0.05, 0.1) is 13.2 Å². The average Bonchev–Trinajstić information content (AvgIpc) is 3.28. The molecule has 11 heteroatoms.